The van der Waals surface area contributed by atoms with Crippen LogP contribution in [0.4, 0.5) is 0 Å². The first-order valence-corrected chi connectivity index (χ1v) is 11.1. The molecule has 2 aromatic rings. The summed E-state index contributed by atoms with van der Waals surface area (Å²) >= 11 is 0. The number of methoxy groups -OCH3 is 2. The Balaban J connectivity index is 1.93. The van der Waals surface area contributed by atoms with E-state index in [1.54, 1.807) is 18.2 Å². The summed E-state index contributed by atoms with van der Waals surface area (Å²) in [6.07, 6.45) is 0.378. The fraction of sp³-hybridized carbons (Fsp3) is 0.294. The SMILES string of the molecule is COc1cccc(S(=O)(=O)N2CCc3cc(OS(N)(=O)=O)c(OC)cc3C2)c1. The second-order valence-electron chi connectivity index (χ2n) is 6.12. The zero-order valence-corrected chi connectivity index (χ0v) is 16.9. The van der Waals surface area contributed by atoms with E-state index in [-0.39, 0.29) is 29.5 Å². The zero-order valence-electron chi connectivity index (χ0n) is 15.3. The number of nitrogens with two attached hydrogens (primary N) is 1. The molecular weight excluding hydrogens is 408 g/mol. The average molecular weight is 428 g/mol. The third-order valence-electron chi connectivity index (χ3n) is 4.35. The summed E-state index contributed by atoms with van der Waals surface area (Å²) < 4.78 is 64.8. The van der Waals surface area contributed by atoms with Gasteiger partial charge in [-0.05, 0) is 41.8 Å². The predicted octanol–water partition coefficient (Wildman–Crippen LogP) is 1.03. The first-order valence-electron chi connectivity index (χ1n) is 8.20. The van der Waals surface area contributed by atoms with Crippen LogP contribution in [-0.4, -0.2) is 41.9 Å². The lowest BCUT2D eigenvalue weighted by atomic mass is 10.0. The van der Waals surface area contributed by atoms with E-state index in [0.29, 0.717) is 17.7 Å². The van der Waals surface area contributed by atoms with Crippen molar-refractivity contribution in [2.45, 2.75) is 17.9 Å². The topological polar surface area (TPSA) is 125 Å². The predicted molar refractivity (Wildman–Crippen MR) is 101 cm³/mol. The van der Waals surface area contributed by atoms with Gasteiger partial charge in [0.15, 0.2) is 11.5 Å². The minimum absolute atomic E-state index is 0.0344. The summed E-state index contributed by atoms with van der Waals surface area (Å²) in [6.45, 7) is 0.342. The normalized spacial score (nSPS) is 15.0. The Hall–Kier alpha value is -2.34. The van der Waals surface area contributed by atoms with Crippen molar-refractivity contribution < 1.29 is 30.5 Å². The van der Waals surface area contributed by atoms with Crippen LogP contribution in [0.1, 0.15) is 11.1 Å². The molecule has 1 heterocycles. The largest absolute Gasteiger partial charge is 0.497 e. The van der Waals surface area contributed by atoms with Crippen LogP contribution in [0, 0.1) is 0 Å². The van der Waals surface area contributed by atoms with E-state index in [2.05, 4.69) is 0 Å². The van der Waals surface area contributed by atoms with Crippen molar-refractivity contribution in [2.24, 2.45) is 5.14 Å². The van der Waals surface area contributed by atoms with Crippen LogP contribution < -0.4 is 18.8 Å². The van der Waals surface area contributed by atoms with Gasteiger partial charge in [0.1, 0.15) is 5.75 Å². The molecule has 0 aromatic heterocycles. The standard InChI is InChI=1S/C17H20N2O7S2/c1-24-14-4-3-5-15(10-14)27(20,21)19-7-6-12-8-17(26-28(18,22)23)16(25-2)9-13(12)11-19/h3-5,8-10H,6-7,11H2,1-2H3,(H2,18,22,23). The number of ether oxygens (including phenoxy) is 2. The van der Waals surface area contributed by atoms with Crippen LogP contribution in [-0.2, 0) is 33.3 Å². The van der Waals surface area contributed by atoms with Gasteiger partial charge in [0.25, 0.3) is 0 Å². The molecule has 0 unspecified atom stereocenters. The molecule has 3 rings (SSSR count). The molecule has 2 aromatic carbocycles. The highest BCUT2D eigenvalue weighted by atomic mass is 32.2. The molecule has 0 atom stereocenters. The molecule has 0 radical (unpaired) electrons. The highest BCUT2D eigenvalue weighted by molar-refractivity contribution is 7.89. The summed E-state index contributed by atoms with van der Waals surface area (Å²) in [5.41, 5.74) is 1.45. The van der Waals surface area contributed by atoms with E-state index in [1.807, 2.05) is 0 Å². The molecule has 0 amide bonds. The molecule has 152 valence electrons. The second kappa shape index (κ2) is 7.59. The van der Waals surface area contributed by atoms with Crippen molar-refractivity contribution >= 4 is 20.3 Å². The van der Waals surface area contributed by atoms with Crippen LogP contribution in [0.5, 0.6) is 17.2 Å². The monoisotopic (exact) mass is 428 g/mol. The summed E-state index contributed by atoms with van der Waals surface area (Å²) in [5, 5.41) is 4.93. The van der Waals surface area contributed by atoms with Crippen molar-refractivity contribution in [1.82, 2.24) is 4.31 Å². The quantitative estimate of drug-likeness (QED) is 0.728. The van der Waals surface area contributed by atoms with Gasteiger partial charge in [-0.25, -0.2) is 8.42 Å². The number of benzene rings is 2. The van der Waals surface area contributed by atoms with E-state index in [9.17, 15) is 16.8 Å². The van der Waals surface area contributed by atoms with E-state index < -0.39 is 20.3 Å². The van der Waals surface area contributed by atoms with Gasteiger partial charge in [0.05, 0.1) is 19.1 Å². The van der Waals surface area contributed by atoms with Crippen LogP contribution in [0.15, 0.2) is 41.3 Å². The summed E-state index contributed by atoms with van der Waals surface area (Å²) in [7, 11) is -5.12. The van der Waals surface area contributed by atoms with Crippen LogP contribution in [0.3, 0.4) is 0 Å². The smallest absolute Gasteiger partial charge is 0.380 e. The van der Waals surface area contributed by atoms with Gasteiger partial charge in [0, 0.05) is 19.2 Å². The Morgan fingerprint density at radius 1 is 0.964 bits per heavy atom. The molecule has 0 bridgehead atoms. The molecule has 0 fully saturated rings. The molecule has 9 nitrogen and oxygen atoms in total. The molecule has 0 spiro atoms. The number of hydrogen-bond acceptors (Lipinski definition) is 7. The van der Waals surface area contributed by atoms with E-state index in [4.69, 9.17) is 18.8 Å². The number of rotatable bonds is 6. The maximum absolute atomic E-state index is 13.0. The van der Waals surface area contributed by atoms with Crippen LogP contribution >= 0.6 is 0 Å². The lowest BCUT2D eigenvalue weighted by molar-refractivity contribution is 0.375. The van der Waals surface area contributed by atoms with Gasteiger partial charge in [0.2, 0.25) is 10.0 Å². The van der Waals surface area contributed by atoms with Crippen molar-refractivity contribution in [3.63, 3.8) is 0 Å². The molecule has 2 N–H and O–H groups in total. The first-order chi connectivity index (χ1) is 13.1. The van der Waals surface area contributed by atoms with E-state index in [1.165, 1.54) is 36.7 Å². The third-order valence-corrected chi connectivity index (χ3v) is 6.60. The van der Waals surface area contributed by atoms with Crippen molar-refractivity contribution in [3.8, 4) is 17.2 Å². The van der Waals surface area contributed by atoms with Crippen LogP contribution in [0.2, 0.25) is 0 Å². The van der Waals surface area contributed by atoms with Gasteiger partial charge in [-0.3, -0.25) is 0 Å². The van der Waals surface area contributed by atoms with E-state index >= 15 is 0 Å². The van der Waals surface area contributed by atoms with Gasteiger partial charge in [-0.15, -0.1) is 0 Å². The lowest BCUT2D eigenvalue weighted by Crippen LogP contribution is -2.36. The summed E-state index contributed by atoms with van der Waals surface area (Å²) in [5.74, 6) is 0.561. The van der Waals surface area contributed by atoms with Gasteiger partial charge in [-0.1, -0.05) is 6.07 Å². The highest BCUT2D eigenvalue weighted by Crippen LogP contribution is 2.35. The zero-order chi connectivity index (χ0) is 20.5. The molecule has 28 heavy (non-hydrogen) atoms. The molecule has 0 aliphatic carbocycles. The molecule has 1 aliphatic rings. The van der Waals surface area contributed by atoms with Crippen molar-refractivity contribution in [1.29, 1.82) is 0 Å². The number of nitrogens with zero attached hydrogens (tertiary/aromatic N) is 1. The average Bonchev–Trinajstić information content (AvgIpc) is 2.65. The van der Waals surface area contributed by atoms with Gasteiger partial charge in [-0.2, -0.15) is 17.9 Å². The Kier molecular flexibility index (Phi) is 5.53. The molecule has 0 saturated carbocycles. The Morgan fingerprint density at radius 3 is 2.32 bits per heavy atom. The van der Waals surface area contributed by atoms with Crippen molar-refractivity contribution in [3.05, 3.63) is 47.5 Å². The minimum atomic E-state index is -4.21. The van der Waals surface area contributed by atoms with Crippen LogP contribution in [0.25, 0.3) is 0 Å². The molecule has 11 heteroatoms. The maximum atomic E-state index is 13.0. The molecule has 1 aliphatic heterocycles. The third kappa shape index (κ3) is 4.22. The van der Waals surface area contributed by atoms with Gasteiger partial charge >= 0.3 is 10.3 Å². The number of sulfonamides is 1. The highest BCUT2D eigenvalue weighted by Gasteiger charge is 2.30. The fourth-order valence-corrected chi connectivity index (χ4v) is 4.84. The first kappa shape index (κ1) is 20.4. The number of fused-ring (bicyclic) bond motifs is 1. The Labute approximate surface area is 163 Å². The van der Waals surface area contributed by atoms with E-state index in [0.717, 1.165) is 5.56 Å². The minimum Gasteiger partial charge on any atom is -0.497 e. The summed E-state index contributed by atoms with van der Waals surface area (Å²) in [6, 6.07) is 9.33. The Morgan fingerprint density at radius 2 is 1.68 bits per heavy atom. The molecular formula is C17H20N2O7S2. The molecule has 0 saturated heterocycles. The van der Waals surface area contributed by atoms with Crippen molar-refractivity contribution in [2.75, 3.05) is 20.8 Å². The fourth-order valence-electron chi connectivity index (χ4n) is 3.00. The Bertz CT molecular complexity index is 1100. The number of hydrogen-bond donors (Lipinski definition) is 1. The van der Waals surface area contributed by atoms with Gasteiger partial charge < -0.3 is 13.7 Å². The lowest BCUT2D eigenvalue weighted by Gasteiger charge is -2.29. The summed E-state index contributed by atoms with van der Waals surface area (Å²) in [4.78, 5) is 0.136. The maximum Gasteiger partial charge on any atom is 0.380 e. The second-order valence-corrected chi connectivity index (χ2v) is 9.21.